The topological polar surface area (TPSA) is 9.23 Å². The van der Waals surface area contributed by atoms with Gasteiger partial charge in [-0.1, -0.05) is 0 Å². The van der Waals surface area contributed by atoms with E-state index in [0.717, 1.165) is 30.9 Å². The molecule has 0 aromatic heterocycles. The van der Waals surface area contributed by atoms with Crippen molar-refractivity contribution in [2.75, 3.05) is 19.1 Å². The molecule has 1 nitrogen and oxygen atoms in total. The Kier molecular flexibility index (Phi) is 2.85. The van der Waals surface area contributed by atoms with Crippen molar-refractivity contribution in [2.24, 2.45) is 17.3 Å². The molecule has 0 bridgehead atoms. The van der Waals surface area contributed by atoms with Crippen LogP contribution in [0, 0.1) is 17.3 Å². The molecule has 2 aliphatic rings. The Labute approximate surface area is 85.8 Å². The summed E-state index contributed by atoms with van der Waals surface area (Å²) in [5.41, 5.74) is 0.449. The summed E-state index contributed by atoms with van der Waals surface area (Å²) in [5.74, 6) is 2.90. The zero-order chi connectivity index (χ0) is 9.31. The molecule has 0 amide bonds. The van der Waals surface area contributed by atoms with Gasteiger partial charge in [0.1, 0.15) is 0 Å². The summed E-state index contributed by atoms with van der Waals surface area (Å²) in [5, 5.41) is 0. The van der Waals surface area contributed by atoms with E-state index in [-0.39, 0.29) is 0 Å². The lowest BCUT2D eigenvalue weighted by Gasteiger charge is -2.28. The quantitative estimate of drug-likeness (QED) is 0.492. The van der Waals surface area contributed by atoms with Crippen LogP contribution in [0.2, 0.25) is 0 Å². The standard InChI is InChI=1S/C11H19ClO/c1-2-13-4-3-11(8-12)6-9-5-10(9)7-11/h9-10H,2-8H2,1H3. The van der Waals surface area contributed by atoms with Crippen molar-refractivity contribution >= 4 is 11.6 Å². The van der Waals surface area contributed by atoms with Gasteiger partial charge in [0.15, 0.2) is 0 Å². The van der Waals surface area contributed by atoms with E-state index >= 15 is 0 Å². The summed E-state index contributed by atoms with van der Waals surface area (Å²) in [6, 6.07) is 0. The number of alkyl halides is 1. The fraction of sp³-hybridized carbons (Fsp3) is 1.00. The molecule has 0 aromatic rings. The summed E-state index contributed by atoms with van der Waals surface area (Å²) in [7, 11) is 0. The van der Waals surface area contributed by atoms with Gasteiger partial charge in [-0.25, -0.2) is 0 Å². The van der Waals surface area contributed by atoms with E-state index in [1.165, 1.54) is 25.7 Å². The molecule has 76 valence electrons. The molecule has 0 aliphatic heterocycles. The molecule has 2 aliphatic carbocycles. The Balaban J connectivity index is 1.78. The zero-order valence-electron chi connectivity index (χ0n) is 8.39. The van der Waals surface area contributed by atoms with Gasteiger partial charge in [-0.05, 0) is 49.9 Å². The second-order valence-electron chi connectivity index (χ2n) is 4.74. The van der Waals surface area contributed by atoms with E-state index in [9.17, 15) is 0 Å². The fourth-order valence-corrected chi connectivity index (χ4v) is 3.17. The molecule has 0 spiro atoms. The molecule has 0 aromatic carbocycles. The predicted molar refractivity (Wildman–Crippen MR) is 55.1 cm³/mol. The van der Waals surface area contributed by atoms with Gasteiger partial charge in [-0.2, -0.15) is 0 Å². The normalized spacial score (nSPS) is 42.0. The second-order valence-corrected chi connectivity index (χ2v) is 5.01. The first-order valence-corrected chi connectivity index (χ1v) is 5.97. The molecule has 0 radical (unpaired) electrons. The SMILES string of the molecule is CCOCCC1(CCl)CC2CC2C1. The maximum Gasteiger partial charge on any atom is 0.0471 e. The van der Waals surface area contributed by atoms with Gasteiger partial charge in [-0.15, -0.1) is 11.6 Å². The smallest absolute Gasteiger partial charge is 0.0471 e. The third-order valence-corrected chi connectivity index (χ3v) is 4.29. The van der Waals surface area contributed by atoms with Crippen LogP contribution in [0.3, 0.4) is 0 Å². The fourth-order valence-electron chi connectivity index (χ4n) is 2.82. The number of halogens is 1. The van der Waals surface area contributed by atoms with Crippen molar-refractivity contribution in [3.8, 4) is 0 Å². The first kappa shape index (κ1) is 9.79. The van der Waals surface area contributed by atoms with Crippen LogP contribution in [0.5, 0.6) is 0 Å². The molecule has 13 heavy (non-hydrogen) atoms. The van der Waals surface area contributed by atoms with Crippen molar-refractivity contribution in [1.82, 2.24) is 0 Å². The summed E-state index contributed by atoms with van der Waals surface area (Å²) < 4.78 is 5.41. The molecule has 2 atom stereocenters. The van der Waals surface area contributed by atoms with Gasteiger partial charge >= 0.3 is 0 Å². The second kappa shape index (κ2) is 3.78. The molecule has 0 saturated heterocycles. The van der Waals surface area contributed by atoms with E-state index < -0.39 is 0 Å². The molecule has 2 saturated carbocycles. The van der Waals surface area contributed by atoms with Crippen molar-refractivity contribution in [3.05, 3.63) is 0 Å². The van der Waals surface area contributed by atoms with Gasteiger partial charge in [0.25, 0.3) is 0 Å². The minimum atomic E-state index is 0.449. The van der Waals surface area contributed by atoms with Gasteiger partial charge in [0, 0.05) is 19.1 Å². The summed E-state index contributed by atoms with van der Waals surface area (Å²) >= 11 is 6.07. The Bertz CT molecular complexity index is 171. The van der Waals surface area contributed by atoms with E-state index in [1.54, 1.807) is 0 Å². The third-order valence-electron chi connectivity index (χ3n) is 3.72. The first-order valence-electron chi connectivity index (χ1n) is 5.43. The summed E-state index contributed by atoms with van der Waals surface area (Å²) in [4.78, 5) is 0. The van der Waals surface area contributed by atoms with Crippen LogP contribution in [0.25, 0.3) is 0 Å². The first-order chi connectivity index (χ1) is 6.29. The van der Waals surface area contributed by atoms with Crippen LogP contribution in [0.15, 0.2) is 0 Å². The van der Waals surface area contributed by atoms with Gasteiger partial charge < -0.3 is 4.74 Å². The highest BCUT2D eigenvalue weighted by molar-refractivity contribution is 6.18. The molecule has 0 heterocycles. The van der Waals surface area contributed by atoms with Crippen molar-refractivity contribution in [2.45, 2.75) is 32.6 Å². The predicted octanol–water partition coefficient (Wildman–Crippen LogP) is 3.07. The van der Waals surface area contributed by atoms with Gasteiger partial charge in [0.2, 0.25) is 0 Å². The third kappa shape index (κ3) is 2.02. The number of rotatable bonds is 5. The number of hydrogen-bond acceptors (Lipinski definition) is 1. The summed E-state index contributed by atoms with van der Waals surface area (Å²) in [6.07, 6.45) is 5.40. The van der Waals surface area contributed by atoms with Gasteiger partial charge in [-0.3, -0.25) is 0 Å². The van der Waals surface area contributed by atoms with Crippen LogP contribution >= 0.6 is 11.6 Å². The molecule has 2 heteroatoms. The van der Waals surface area contributed by atoms with Crippen LogP contribution in [0.4, 0.5) is 0 Å². The molecule has 2 rings (SSSR count). The maximum absolute atomic E-state index is 6.07. The van der Waals surface area contributed by atoms with E-state index in [1.807, 2.05) is 0 Å². The van der Waals surface area contributed by atoms with Crippen molar-refractivity contribution < 1.29 is 4.74 Å². The molecule has 2 unspecified atom stereocenters. The maximum atomic E-state index is 6.07. The lowest BCUT2D eigenvalue weighted by atomic mass is 9.82. The zero-order valence-corrected chi connectivity index (χ0v) is 9.15. The lowest BCUT2D eigenvalue weighted by molar-refractivity contribution is 0.107. The number of ether oxygens (including phenoxy) is 1. The Morgan fingerprint density at radius 3 is 2.62 bits per heavy atom. The molecular weight excluding hydrogens is 184 g/mol. The van der Waals surface area contributed by atoms with Crippen molar-refractivity contribution in [3.63, 3.8) is 0 Å². The minimum Gasteiger partial charge on any atom is -0.382 e. The van der Waals surface area contributed by atoms with Crippen LogP contribution in [-0.4, -0.2) is 19.1 Å². The molecular formula is C11H19ClO. The van der Waals surface area contributed by atoms with Gasteiger partial charge in [0.05, 0.1) is 0 Å². The Morgan fingerprint density at radius 1 is 1.38 bits per heavy atom. The molecule has 0 N–H and O–H groups in total. The monoisotopic (exact) mass is 202 g/mol. The average molecular weight is 203 g/mol. The summed E-state index contributed by atoms with van der Waals surface area (Å²) in [6.45, 7) is 3.80. The van der Waals surface area contributed by atoms with E-state index in [4.69, 9.17) is 16.3 Å². The number of fused-ring (bicyclic) bond motifs is 1. The largest absolute Gasteiger partial charge is 0.382 e. The highest BCUT2D eigenvalue weighted by Crippen LogP contribution is 2.61. The lowest BCUT2D eigenvalue weighted by Crippen LogP contribution is -2.23. The highest BCUT2D eigenvalue weighted by atomic mass is 35.5. The minimum absolute atomic E-state index is 0.449. The highest BCUT2D eigenvalue weighted by Gasteiger charge is 2.52. The Hall–Kier alpha value is 0.250. The van der Waals surface area contributed by atoms with E-state index in [0.29, 0.717) is 5.41 Å². The van der Waals surface area contributed by atoms with Crippen LogP contribution in [0.1, 0.15) is 32.6 Å². The molecule has 2 fully saturated rings. The Morgan fingerprint density at radius 2 is 2.08 bits per heavy atom. The van der Waals surface area contributed by atoms with Crippen LogP contribution < -0.4 is 0 Å². The van der Waals surface area contributed by atoms with E-state index in [2.05, 4.69) is 6.92 Å². The van der Waals surface area contributed by atoms with Crippen LogP contribution in [-0.2, 0) is 4.74 Å². The average Bonchev–Trinajstić information content (AvgIpc) is 2.76. The number of hydrogen-bond donors (Lipinski definition) is 0. The van der Waals surface area contributed by atoms with Crippen molar-refractivity contribution in [1.29, 1.82) is 0 Å².